The number of benzene rings is 1. The van der Waals surface area contributed by atoms with Crippen molar-refractivity contribution in [2.75, 3.05) is 19.6 Å². The summed E-state index contributed by atoms with van der Waals surface area (Å²) in [6.45, 7) is 9.27. The summed E-state index contributed by atoms with van der Waals surface area (Å²) < 4.78 is 0. The molecule has 2 N–H and O–H groups in total. The summed E-state index contributed by atoms with van der Waals surface area (Å²) in [6, 6.07) is 7.68. The molecule has 0 aromatic heterocycles. The first-order valence-electron chi connectivity index (χ1n) is 11.1. The zero-order valence-electron chi connectivity index (χ0n) is 18.4. The average molecular weight is 415 g/mol. The van der Waals surface area contributed by atoms with Crippen LogP contribution in [0.25, 0.3) is 0 Å². The van der Waals surface area contributed by atoms with Crippen molar-refractivity contribution >= 4 is 17.8 Å². The first-order chi connectivity index (χ1) is 14.4. The molecule has 1 aliphatic heterocycles. The van der Waals surface area contributed by atoms with Gasteiger partial charge in [-0.25, -0.2) is 4.79 Å². The number of nitrogens with zero attached hydrogens (tertiary/aromatic N) is 2. The van der Waals surface area contributed by atoms with Crippen LogP contribution in [0.2, 0.25) is 0 Å². The predicted molar refractivity (Wildman–Crippen MR) is 116 cm³/mol. The predicted octanol–water partition coefficient (Wildman–Crippen LogP) is 2.65. The highest BCUT2D eigenvalue weighted by atomic mass is 16.2. The standard InChI is InChI=1S/C23H34N4O3/c1-4-26(5-2)15-19-11-8-10-18(13-19)14-24-20(28)16-27-21(29)23(25-22(27)30)12-7-6-9-17(23)3/h8,10-11,13,17H,4-7,9,12,14-16H2,1-3H3,(H,24,28)(H,25,30). The molecule has 1 heterocycles. The lowest BCUT2D eigenvalue weighted by Gasteiger charge is -2.36. The Labute approximate surface area is 179 Å². The van der Waals surface area contributed by atoms with Crippen LogP contribution >= 0.6 is 0 Å². The third-order valence-electron chi connectivity index (χ3n) is 6.58. The van der Waals surface area contributed by atoms with Crippen LogP contribution in [-0.2, 0) is 22.7 Å². The summed E-state index contributed by atoms with van der Waals surface area (Å²) in [6.07, 6.45) is 3.55. The Morgan fingerprint density at radius 1 is 1.23 bits per heavy atom. The van der Waals surface area contributed by atoms with E-state index in [1.807, 2.05) is 19.1 Å². The molecule has 0 bridgehead atoms. The Kier molecular flexibility index (Phi) is 7.13. The van der Waals surface area contributed by atoms with E-state index in [2.05, 4.69) is 41.5 Å². The number of imide groups is 1. The number of hydrogen-bond donors (Lipinski definition) is 2. The zero-order valence-corrected chi connectivity index (χ0v) is 18.4. The van der Waals surface area contributed by atoms with Crippen molar-refractivity contribution in [3.05, 3.63) is 35.4 Å². The summed E-state index contributed by atoms with van der Waals surface area (Å²) in [7, 11) is 0. The topological polar surface area (TPSA) is 81.8 Å². The van der Waals surface area contributed by atoms with Crippen LogP contribution in [0.4, 0.5) is 4.79 Å². The molecule has 4 amide bonds. The molecule has 164 valence electrons. The minimum absolute atomic E-state index is 0.0873. The summed E-state index contributed by atoms with van der Waals surface area (Å²) in [5.74, 6) is -0.492. The molecule has 30 heavy (non-hydrogen) atoms. The third-order valence-corrected chi connectivity index (χ3v) is 6.58. The molecule has 1 spiro atoms. The van der Waals surface area contributed by atoms with E-state index in [4.69, 9.17) is 0 Å². The first kappa shape index (κ1) is 22.3. The van der Waals surface area contributed by atoms with Gasteiger partial charge in [0.15, 0.2) is 0 Å². The molecule has 7 nitrogen and oxygen atoms in total. The van der Waals surface area contributed by atoms with Gasteiger partial charge in [0.05, 0.1) is 0 Å². The maximum absolute atomic E-state index is 13.0. The summed E-state index contributed by atoms with van der Waals surface area (Å²) in [4.78, 5) is 41.3. The molecule has 2 aliphatic rings. The lowest BCUT2D eigenvalue weighted by molar-refractivity contribution is -0.137. The largest absolute Gasteiger partial charge is 0.350 e. The molecule has 1 aromatic rings. The van der Waals surface area contributed by atoms with Crippen molar-refractivity contribution in [3.8, 4) is 0 Å². The number of hydrogen-bond acceptors (Lipinski definition) is 4. The molecule has 1 saturated heterocycles. The number of amides is 4. The summed E-state index contributed by atoms with van der Waals surface area (Å²) >= 11 is 0. The van der Waals surface area contributed by atoms with Gasteiger partial charge < -0.3 is 10.6 Å². The van der Waals surface area contributed by atoms with Crippen LogP contribution in [-0.4, -0.2) is 52.8 Å². The number of carbonyl (C=O) groups is 3. The molecule has 1 aromatic carbocycles. The highest BCUT2D eigenvalue weighted by Gasteiger charge is 2.55. The number of rotatable bonds is 8. The minimum atomic E-state index is -0.825. The van der Waals surface area contributed by atoms with Crippen molar-refractivity contribution in [3.63, 3.8) is 0 Å². The van der Waals surface area contributed by atoms with Crippen LogP contribution in [0.5, 0.6) is 0 Å². The van der Waals surface area contributed by atoms with Gasteiger partial charge in [-0.1, -0.05) is 57.9 Å². The van der Waals surface area contributed by atoms with Crippen molar-refractivity contribution in [2.45, 2.75) is 65.1 Å². The second-order valence-corrected chi connectivity index (χ2v) is 8.50. The van der Waals surface area contributed by atoms with Gasteiger partial charge in [-0.3, -0.25) is 19.4 Å². The van der Waals surface area contributed by atoms with Crippen LogP contribution in [0, 0.1) is 5.92 Å². The van der Waals surface area contributed by atoms with Crippen LogP contribution in [0.3, 0.4) is 0 Å². The fraction of sp³-hybridized carbons (Fsp3) is 0.609. The molecule has 0 radical (unpaired) electrons. The van der Waals surface area contributed by atoms with E-state index in [1.54, 1.807) is 0 Å². The molecular weight excluding hydrogens is 380 g/mol. The van der Waals surface area contributed by atoms with Gasteiger partial charge in [0.25, 0.3) is 5.91 Å². The smallest absolute Gasteiger partial charge is 0.325 e. The van der Waals surface area contributed by atoms with E-state index < -0.39 is 11.6 Å². The molecule has 1 aliphatic carbocycles. The normalized spacial score (nSPS) is 23.9. The number of carbonyl (C=O) groups excluding carboxylic acids is 3. The van der Waals surface area contributed by atoms with Gasteiger partial charge in [-0.2, -0.15) is 0 Å². The zero-order chi connectivity index (χ0) is 21.7. The lowest BCUT2D eigenvalue weighted by Crippen LogP contribution is -2.54. The quantitative estimate of drug-likeness (QED) is 0.641. The Morgan fingerprint density at radius 2 is 1.97 bits per heavy atom. The van der Waals surface area contributed by atoms with Gasteiger partial charge >= 0.3 is 6.03 Å². The highest BCUT2D eigenvalue weighted by Crippen LogP contribution is 2.38. The Hall–Kier alpha value is -2.41. The number of nitrogens with one attached hydrogen (secondary N) is 2. The minimum Gasteiger partial charge on any atom is -0.350 e. The molecule has 1 saturated carbocycles. The molecule has 2 fully saturated rings. The third kappa shape index (κ3) is 4.67. The highest BCUT2D eigenvalue weighted by molar-refractivity contribution is 6.09. The molecule has 2 unspecified atom stereocenters. The first-order valence-corrected chi connectivity index (χ1v) is 11.1. The van der Waals surface area contributed by atoms with Crippen molar-refractivity contribution < 1.29 is 14.4 Å². The van der Waals surface area contributed by atoms with Gasteiger partial charge in [0, 0.05) is 13.1 Å². The second kappa shape index (κ2) is 9.60. The van der Waals surface area contributed by atoms with Crippen LogP contribution < -0.4 is 10.6 Å². The lowest BCUT2D eigenvalue weighted by atomic mass is 9.73. The second-order valence-electron chi connectivity index (χ2n) is 8.50. The fourth-order valence-electron chi connectivity index (χ4n) is 4.58. The molecule has 7 heteroatoms. The molecule has 3 rings (SSSR count). The summed E-state index contributed by atoms with van der Waals surface area (Å²) in [5.41, 5.74) is 1.38. The maximum atomic E-state index is 13.0. The van der Waals surface area contributed by atoms with Gasteiger partial charge in [-0.05, 0) is 43.0 Å². The van der Waals surface area contributed by atoms with Crippen molar-refractivity contribution in [1.82, 2.24) is 20.4 Å². The molecular formula is C23H34N4O3. The van der Waals surface area contributed by atoms with E-state index in [0.29, 0.717) is 13.0 Å². The van der Waals surface area contributed by atoms with Crippen LogP contribution in [0.15, 0.2) is 24.3 Å². The van der Waals surface area contributed by atoms with E-state index in [9.17, 15) is 14.4 Å². The Balaban J connectivity index is 1.56. The Morgan fingerprint density at radius 3 is 2.67 bits per heavy atom. The Bertz CT molecular complexity index is 792. The van der Waals surface area contributed by atoms with Crippen LogP contribution in [0.1, 0.15) is 57.6 Å². The number of urea groups is 1. The maximum Gasteiger partial charge on any atom is 0.325 e. The van der Waals surface area contributed by atoms with Gasteiger partial charge in [0.2, 0.25) is 5.91 Å². The SMILES string of the molecule is CCN(CC)Cc1cccc(CNC(=O)CN2C(=O)NC3(CCCCC3C)C2=O)c1. The van der Waals surface area contributed by atoms with Crippen molar-refractivity contribution in [2.24, 2.45) is 5.92 Å². The molecule has 2 atom stereocenters. The van der Waals surface area contributed by atoms with E-state index >= 15 is 0 Å². The average Bonchev–Trinajstić information content (AvgIpc) is 2.98. The van der Waals surface area contributed by atoms with E-state index in [-0.39, 0.29) is 24.3 Å². The van der Waals surface area contributed by atoms with Crippen molar-refractivity contribution in [1.29, 1.82) is 0 Å². The van der Waals surface area contributed by atoms with Gasteiger partial charge in [-0.15, -0.1) is 0 Å². The van der Waals surface area contributed by atoms with E-state index in [1.165, 1.54) is 5.56 Å². The van der Waals surface area contributed by atoms with Gasteiger partial charge in [0.1, 0.15) is 12.1 Å². The fourth-order valence-corrected chi connectivity index (χ4v) is 4.58. The monoisotopic (exact) mass is 414 g/mol. The van der Waals surface area contributed by atoms with E-state index in [0.717, 1.165) is 49.4 Å². The summed E-state index contributed by atoms with van der Waals surface area (Å²) in [5, 5.41) is 5.74.